The molecule has 0 radical (unpaired) electrons. The van der Waals surface area contributed by atoms with Crippen LogP contribution in [0.4, 0.5) is 16.2 Å². The molecule has 4 rings (SSSR count). The molecule has 0 aliphatic carbocycles. The summed E-state index contributed by atoms with van der Waals surface area (Å²) in [4.78, 5) is 18.1. The van der Waals surface area contributed by atoms with Gasteiger partial charge in [-0.25, -0.2) is 4.79 Å². The standard InChI is InChI=1S/C30H32ClN3O/c1-17(2)21-11-9-12-22(18(3)4)29(21)34-30(35)33-26-16-32-28-20(6)14-19(5)15-24(28)27(26)23-10-7-8-13-25(23)31/h7-18H,1-6H3,(H2,33,34,35). The van der Waals surface area contributed by atoms with Crippen LogP contribution in [0.1, 0.15) is 61.8 Å². The Morgan fingerprint density at radius 2 is 1.54 bits per heavy atom. The van der Waals surface area contributed by atoms with Gasteiger partial charge in [0.25, 0.3) is 0 Å². The largest absolute Gasteiger partial charge is 0.323 e. The number of rotatable bonds is 5. The van der Waals surface area contributed by atoms with Gasteiger partial charge in [0.05, 0.1) is 17.4 Å². The average Bonchev–Trinajstić information content (AvgIpc) is 2.79. The van der Waals surface area contributed by atoms with E-state index in [1.807, 2.05) is 24.3 Å². The number of nitrogens with one attached hydrogen (secondary N) is 2. The number of benzene rings is 3. The van der Waals surface area contributed by atoms with Crippen LogP contribution in [0.2, 0.25) is 5.02 Å². The van der Waals surface area contributed by atoms with Gasteiger partial charge in [-0.1, -0.05) is 87.3 Å². The first-order valence-electron chi connectivity index (χ1n) is 12.0. The van der Waals surface area contributed by atoms with Crippen molar-refractivity contribution in [1.29, 1.82) is 0 Å². The van der Waals surface area contributed by atoms with Crippen molar-refractivity contribution in [2.45, 2.75) is 53.4 Å². The van der Waals surface area contributed by atoms with Crippen molar-refractivity contribution >= 4 is 39.9 Å². The van der Waals surface area contributed by atoms with Crippen LogP contribution < -0.4 is 10.6 Å². The number of halogens is 1. The lowest BCUT2D eigenvalue weighted by molar-refractivity contribution is 0.262. The Kier molecular flexibility index (Phi) is 7.13. The van der Waals surface area contributed by atoms with Crippen LogP contribution >= 0.6 is 11.6 Å². The fraction of sp³-hybridized carbons (Fsp3) is 0.267. The minimum absolute atomic E-state index is 0.274. The number of pyridine rings is 1. The average molecular weight is 486 g/mol. The number of carbonyl (C=O) groups is 1. The van der Waals surface area contributed by atoms with Crippen molar-refractivity contribution in [2.75, 3.05) is 10.6 Å². The third kappa shape index (κ3) is 5.03. The van der Waals surface area contributed by atoms with E-state index in [9.17, 15) is 4.79 Å². The normalized spacial score (nSPS) is 11.3. The van der Waals surface area contributed by atoms with Gasteiger partial charge in [0.1, 0.15) is 0 Å². The summed E-state index contributed by atoms with van der Waals surface area (Å²) in [6, 6.07) is 17.8. The molecule has 0 spiro atoms. The lowest BCUT2D eigenvalue weighted by Gasteiger charge is -2.21. The molecule has 0 saturated heterocycles. The molecule has 180 valence electrons. The van der Waals surface area contributed by atoms with E-state index in [2.05, 4.69) is 82.5 Å². The van der Waals surface area contributed by atoms with Crippen molar-refractivity contribution in [3.05, 3.63) is 88.1 Å². The highest BCUT2D eigenvalue weighted by atomic mass is 35.5. The van der Waals surface area contributed by atoms with Gasteiger partial charge in [0, 0.05) is 27.2 Å². The highest BCUT2D eigenvalue weighted by molar-refractivity contribution is 6.34. The van der Waals surface area contributed by atoms with Crippen LogP contribution in [0.15, 0.2) is 60.8 Å². The Morgan fingerprint density at radius 3 is 2.17 bits per heavy atom. The second-order valence-corrected chi connectivity index (χ2v) is 10.1. The fourth-order valence-corrected chi connectivity index (χ4v) is 4.90. The Morgan fingerprint density at radius 1 is 0.886 bits per heavy atom. The summed E-state index contributed by atoms with van der Waals surface area (Å²) in [7, 11) is 0. The fourth-order valence-electron chi connectivity index (χ4n) is 4.67. The van der Waals surface area contributed by atoms with Gasteiger partial charge in [-0.3, -0.25) is 4.98 Å². The van der Waals surface area contributed by atoms with E-state index in [0.717, 1.165) is 50.0 Å². The maximum absolute atomic E-state index is 13.4. The van der Waals surface area contributed by atoms with E-state index in [-0.39, 0.29) is 17.9 Å². The first-order valence-corrected chi connectivity index (χ1v) is 12.4. The Labute approximate surface area is 212 Å². The smallest absolute Gasteiger partial charge is 0.307 e. The molecule has 4 aromatic rings. The zero-order valence-corrected chi connectivity index (χ0v) is 21.9. The van der Waals surface area contributed by atoms with Crippen LogP contribution in [-0.2, 0) is 0 Å². The number of aryl methyl sites for hydroxylation is 2. The number of hydrogen-bond donors (Lipinski definition) is 2. The summed E-state index contributed by atoms with van der Waals surface area (Å²) in [5.74, 6) is 0.548. The van der Waals surface area contributed by atoms with Crippen molar-refractivity contribution in [3.8, 4) is 11.1 Å². The molecule has 4 nitrogen and oxygen atoms in total. The van der Waals surface area contributed by atoms with Gasteiger partial charge in [0.15, 0.2) is 0 Å². The molecule has 35 heavy (non-hydrogen) atoms. The molecule has 1 heterocycles. The van der Waals surface area contributed by atoms with Gasteiger partial charge in [0.2, 0.25) is 0 Å². The third-order valence-corrected chi connectivity index (χ3v) is 6.64. The van der Waals surface area contributed by atoms with Gasteiger partial charge in [-0.2, -0.15) is 0 Å². The van der Waals surface area contributed by atoms with Crippen LogP contribution in [0.5, 0.6) is 0 Å². The highest BCUT2D eigenvalue weighted by Gasteiger charge is 2.19. The predicted octanol–water partition coefficient (Wildman–Crippen LogP) is 9.06. The second-order valence-electron chi connectivity index (χ2n) is 9.70. The maximum atomic E-state index is 13.4. The molecule has 0 aliphatic rings. The SMILES string of the molecule is Cc1cc(C)c2ncc(NC(=O)Nc3c(C(C)C)cccc3C(C)C)c(-c3ccccc3Cl)c2c1. The summed E-state index contributed by atoms with van der Waals surface area (Å²) in [5.41, 5.74) is 8.52. The summed E-state index contributed by atoms with van der Waals surface area (Å²) in [5, 5.41) is 7.80. The second kappa shape index (κ2) is 10.1. The summed E-state index contributed by atoms with van der Waals surface area (Å²) < 4.78 is 0. The first-order chi connectivity index (χ1) is 16.7. The summed E-state index contributed by atoms with van der Waals surface area (Å²) in [6.45, 7) is 12.7. The van der Waals surface area contributed by atoms with E-state index in [1.54, 1.807) is 6.20 Å². The number of urea groups is 1. The van der Waals surface area contributed by atoms with Crippen molar-refractivity contribution in [1.82, 2.24) is 4.98 Å². The number of carbonyl (C=O) groups excluding carboxylic acids is 1. The molecular formula is C30H32ClN3O. The first kappa shape index (κ1) is 24.7. The van der Waals surface area contributed by atoms with Crippen LogP contribution in [0, 0.1) is 13.8 Å². The molecule has 2 amide bonds. The number of anilines is 2. The van der Waals surface area contributed by atoms with Crippen LogP contribution in [0.25, 0.3) is 22.0 Å². The lowest BCUT2D eigenvalue weighted by Crippen LogP contribution is -2.22. The zero-order valence-electron chi connectivity index (χ0n) is 21.2. The molecule has 0 saturated carbocycles. The third-order valence-electron chi connectivity index (χ3n) is 6.31. The molecule has 0 fully saturated rings. The van der Waals surface area contributed by atoms with Crippen molar-refractivity contribution < 1.29 is 4.79 Å². The number of amides is 2. The molecule has 1 aromatic heterocycles. The number of para-hydroxylation sites is 1. The molecular weight excluding hydrogens is 454 g/mol. The number of fused-ring (bicyclic) bond motifs is 1. The van der Waals surface area contributed by atoms with Gasteiger partial charge in [-0.15, -0.1) is 0 Å². The topological polar surface area (TPSA) is 54.0 Å². The van der Waals surface area contributed by atoms with E-state index in [4.69, 9.17) is 16.6 Å². The Hall–Kier alpha value is -3.37. The molecule has 0 aliphatic heterocycles. The molecule has 2 N–H and O–H groups in total. The summed E-state index contributed by atoms with van der Waals surface area (Å²) >= 11 is 6.64. The lowest BCUT2D eigenvalue weighted by atomic mass is 9.93. The minimum atomic E-state index is -0.307. The highest BCUT2D eigenvalue weighted by Crippen LogP contribution is 2.40. The Balaban J connectivity index is 1.82. The van der Waals surface area contributed by atoms with Gasteiger partial charge < -0.3 is 10.6 Å². The van der Waals surface area contributed by atoms with Crippen molar-refractivity contribution in [3.63, 3.8) is 0 Å². The van der Waals surface area contributed by atoms with Crippen LogP contribution in [0.3, 0.4) is 0 Å². The van der Waals surface area contributed by atoms with Crippen molar-refractivity contribution in [2.24, 2.45) is 0 Å². The number of nitrogens with zero attached hydrogens (tertiary/aromatic N) is 1. The monoisotopic (exact) mass is 485 g/mol. The number of aromatic nitrogens is 1. The van der Waals surface area contributed by atoms with E-state index in [1.165, 1.54) is 0 Å². The van der Waals surface area contributed by atoms with E-state index < -0.39 is 0 Å². The molecule has 0 unspecified atom stereocenters. The number of hydrogen-bond acceptors (Lipinski definition) is 2. The molecule has 5 heteroatoms. The quantitative estimate of drug-likeness (QED) is 0.296. The maximum Gasteiger partial charge on any atom is 0.323 e. The summed E-state index contributed by atoms with van der Waals surface area (Å²) in [6.07, 6.45) is 1.72. The molecule has 3 aromatic carbocycles. The Bertz CT molecular complexity index is 1380. The van der Waals surface area contributed by atoms with E-state index in [0.29, 0.717) is 10.7 Å². The van der Waals surface area contributed by atoms with Gasteiger partial charge >= 0.3 is 6.03 Å². The van der Waals surface area contributed by atoms with Crippen LogP contribution in [-0.4, -0.2) is 11.0 Å². The predicted molar refractivity (Wildman–Crippen MR) is 149 cm³/mol. The zero-order chi connectivity index (χ0) is 25.3. The van der Waals surface area contributed by atoms with Gasteiger partial charge in [-0.05, 0) is 54.5 Å². The minimum Gasteiger partial charge on any atom is -0.307 e. The molecule has 0 bridgehead atoms. The van der Waals surface area contributed by atoms with E-state index >= 15 is 0 Å². The molecule has 0 atom stereocenters.